The van der Waals surface area contributed by atoms with Crippen molar-refractivity contribution in [3.63, 3.8) is 0 Å². The van der Waals surface area contributed by atoms with Gasteiger partial charge < -0.3 is 9.64 Å². The predicted molar refractivity (Wildman–Crippen MR) is 128 cm³/mol. The number of carbonyl (C=O) groups is 2. The molecule has 8 nitrogen and oxygen atoms in total. The van der Waals surface area contributed by atoms with Gasteiger partial charge >= 0.3 is 6.03 Å². The van der Waals surface area contributed by atoms with Crippen LogP contribution in [0.15, 0.2) is 54.9 Å². The molecule has 1 saturated heterocycles. The average molecular weight is 494 g/mol. The van der Waals surface area contributed by atoms with Gasteiger partial charge in [0.25, 0.3) is 0 Å². The second kappa shape index (κ2) is 8.99. The number of urea groups is 1. The molecule has 10 heteroatoms. The van der Waals surface area contributed by atoms with Gasteiger partial charge in [-0.1, -0.05) is 23.7 Å². The van der Waals surface area contributed by atoms with Gasteiger partial charge in [-0.05, 0) is 49.7 Å². The molecule has 3 amide bonds. The van der Waals surface area contributed by atoms with Gasteiger partial charge in [-0.3, -0.25) is 10.1 Å². The van der Waals surface area contributed by atoms with Gasteiger partial charge in [-0.2, -0.15) is 5.10 Å². The highest BCUT2D eigenvalue weighted by atomic mass is 35.5. The number of nitrogens with one attached hydrogen (secondary N) is 1. The molecular weight excluding hydrogens is 473 g/mol. The number of nitrogens with zero attached hydrogens (tertiary/aromatic N) is 4. The molecule has 3 heterocycles. The Bertz CT molecular complexity index is 1460. The second-order valence-electron chi connectivity index (χ2n) is 8.29. The van der Waals surface area contributed by atoms with Crippen LogP contribution >= 0.6 is 11.6 Å². The fourth-order valence-corrected chi connectivity index (χ4v) is 4.55. The number of para-hydroxylation sites is 1. The number of halogens is 2. The number of amides is 3. The van der Waals surface area contributed by atoms with Gasteiger partial charge in [0.05, 0.1) is 16.8 Å². The zero-order valence-electron chi connectivity index (χ0n) is 19.0. The minimum atomic E-state index is -0.604. The topological polar surface area (TPSA) is 89.4 Å². The van der Waals surface area contributed by atoms with Crippen LogP contribution in [0.4, 0.5) is 9.18 Å². The molecule has 1 N–H and O–H groups in total. The molecule has 0 aliphatic carbocycles. The second-order valence-corrected chi connectivity index (χ2v) is 8.69. The first-order valence-corrected chi connectivity index (χ1v) is 11.3. The first-order valence-electron chi connectivity index (χ1n) is 10.9. The number of imide groups is 1. The standard InChI is InChI=1S/C25H21ClFN5O3/c1-14-9-21(32-8-4-7-28-32)17-5-3-6-22(24(17)29-14)35-13-19-18(10-16(27)11-20(19)26)15(2)31-12-23(33)30-25(31)34/h3-11,15H,12-13H2,1-2H3,(H,30,33,34). The summed E-state index contributed by atoms with van der Waals surface area (Å²) in [6, 6.07) is 10.8. The maximum absolute atomic E-state index is 14.3. The molecular formula is C25H21ClFN5O3. The van der Waals surface area contributed by atoms with Crippen molar-refractivity contribution >= 4 is 34.4 Å². The maximum Gasteiger partial charge on any atom is 0.325 e. The van der Waals surface area contributed by atoms with Crippen LogP contribution in [0.1, 0.15) is 29.8 Å². The summed E-state index contributed by atoms with van der Waals surface area (Å²) in [4.78, 5) is 29.9. The summed E-state index contributed by atoms with van der Waals surface area (Å²) in [5, 5.41) is 7.59. The van der Waals surface area contributed by atoms with Crippen LogP contribution in [0.5, 0.6) is 5.75 Å². The summed E-state index contributed by atoms with van der Waals surface area (Å²) in [7, 11) is 0. The van der Waals surface area contributed by atoms with Crippen LogP contribution in [0.3, 0.4) is 0 Å². The predicted octanol–water partition coefficient (Wildman–Crippen LogP) is 4.71. The number of fused-ring (bicyclic) bond motifs is 1. The number of ether oxygens (including phenoxy) is 1. The number of carbonyl (C=O) groups excluding carboxylic acids is 2. The summed E-state index contributed by atoms with van der Waals surface area (Å²) < 4.78 is 22.2. The van der Waals surface area contributed by atoms with Crippen molar-refractivity contribution in [2.75, 3.05) is 6.54 Å². The Hall–Kier alpha value is -3.98. The molecule has 2 aromatic carbocycles. The molecule has 1 atom stereocenters. The monoisotopic (exact) mass is 493 g/mol. The van der Waals surface area contributed by atoms with Gasteiger partial charge in [0.1, 0.15) is 30.2 Å². The van der Waals surface area contributed by atoms with Crippen molar-refractivity contribution in [3.8, 4) is 11.4 Å². The zero-order valence-corrected chi connectivity index (χ0v) is 19.7. The van der Waals surface area contributed by atoms with E-state index in [1.165, 1.54) is 17.0 Å². The van der Waals surface area contributed by atoms with Crippen molar-refractivity contribution in [2.24, 2.45) is 0 Å². The van der Waals surface area contributed by atoms with Gasteiger partial charge in [-0.15, -0.1) is 0 Å². The van der Waals surface area contributed by atoms with E-state index in [0.29, 0.717) is 22.4 Å². The van der Waals surface area contributed by atoms with Crippen LogP contribution in [0.25, 0.3) is 16.6 Å². The highest BCUT2D eigenvalue weighted by Crippen LogP contribution is 2.34. The normalized spacial score (nSPS) is 14.5. The van der Waals surface area contributed by atoms with Crippen LogP contribution in [0, 0.1) is 12.7 Å². The third-order valence-corrected chi connectivity index (χ3v) is 6.30. The van der Waals surface area contributed by atoms with Crippen molar-refractivity contribution in [1.29, 1.82) is 0 Å². The van der Waals surface area contributed by atoms with Gasteiger partial charge in [-0.25, -0.2) is 18.9 Å². The first-order chi connectivity index (χ1) is 16.8. The molecule has 1 aliphatic rings. The third-order valence-electron chi connectivity index (χ3n) is 5.97. The maximum atomic E-state index is 14.3. The molecule has 4 aromatic rings. The Morgan fingerprint density at radius 2 is 2.06 bits per heavy atom. The summed E-state index contributed by atoms with van der Waals surface area (Å²) in [6.07, 6.45) is 3.56. The lowest BCUT2D eigenvalue weighted by atomic mass is 10.0. The minimum absolute atomic E-state index is 0.00797. The van der Waals surface area contributed by atoms with Gasteiger partial charge in [0.15, 0.2) is 0 Å². The molecule has 0 radical (unpaired) electrons. The summed E-state index contributed by atoms with van der Waals surface area (Å²) >= 11 is 6.42. The smallest absolute Gasteiger partial charge is 0.325 e. The van der Waals surface area contributed by atoms with E-state index >= 15 is 0 Å². The lowest BCUT2D eigenvalue weighted by molar-refractivity contribution is -0.118. The third kappa shape index (κ3) is 4.30. The quantitative estimate of drug-likeness (QED) is 0.393. The summed E-state index contributed by atoms with van der Waals surface area (Å²) in [5.74, 6) is -0.433. The molecule has 5 rings (SSSR count). The summed E-state index contributed by atoms with van der Waals surface area (Å²) in [5.41, 5.74) is 3.28. The number of hydrogen-bond acceptors (Lipinski definition) is 5. The van der Waals surface area contributed by atoms with Crippen LogP contribution in [-0.2, 0) is 11.4 Å². The Morgan fingerprint density at radius 3 is 2.77 bits per heavy atom. The van der Waals surface area contributed by atoms with E-state index in [0.717, 1.165) is 16.8 Å². The number of pyridine rings is 1. The zero-order chi connectivity index (χ0) is 24.7. The molecule has 0 saturated carbocycles. The SMILES string of the molecule is Cc1cc(-n2cccn2)c2cccc(OCc3c(Cl)cc(F)cc3C(C)N3CC(=O)NC3=O)c2n1. The molecule has 1 fully saturated rings. The van der Waals surface area contributed by atoms with Crippen LogP contribution < -0.4 is 10.1 Å². The van der Waals surface area contributed by atoms with Crippen molar-refractivity contribution in [3.05, 3.63) is 82.5 Å². The molecule has 1 aliphatic heterocycles. The van der Waals surface area contributed by atoms with E-state index in [9.17, 15) is 14.0 Å². The highest BCUT2D eigenvalue weighted by molar-refractivity contribution is 6.31. The van der Waals surface area contributed by atoms with E-state index < -0.39 is 23.8 Å². The Kier molecular flexibility index (Phi) is 5.86. The first kappa shape index (κ1) is 22.8. The van der Waals surface area contributed by atoms with E-state index in [4.69, 9.17) is 16.3 Å². The van der Waals surface area contributed by atoms with Crippen molar-refractivity contribution < 1.29 is 18.7 Å². The molecule has 35 heavy (non-hydrogen) atoms. The largest absolute Gasteiger partial charge is 0.487 e. The Balaban J connectivity index is 1.51. The number of aryl methyl sites for hydroxylation is 1. The Morgan fingerprint density at radius 1 is 1.23 bits per heavy atom. The molecule has 0 bridgehead atoms. The molecule has 178 valence electrons. The lowest BCUT2D eigenvalue weighted by Gasteiger charge is -2.25. The number of rotatable bonds is 6. The fraction of sp³-hybridized carbons (Fsp3) is 0.200. The van der Waals surface area contributed by atoms with Crippen LogP contribution in [-0.4, -0.2) is 38.1 Å². The summed E-state index contributed by atoms with van der Waals surface area (Å²) in [6.45, 7) is 3.50. The lowest BCUT2D eigenvalue weighted by Crippen LogP contribution is -2.31. The number of hydrogen-bond donors (Lipinski definition) is 1. The van der Waals surface area contributed by atoms with Gasteiger partial charge in [0.2, 0.25) is 5.91 Å². The number of benzene rings is 2. The van der Waals surface area contributed by atoms with Gasteiger partial charge in [0, 0.05) is 29.0 Å². The van der Waals surface area contributed by atoms with E-state index in [1.807, 2.05) is 37.4 Å². The Labute approximate surface area is 205 Å². The van der Waals surface area contributed by atoms with Crippen molar-refractivity contribution in [1.82, 2.24) is 25.0 Å². The molecule has 1 unspecified atom stereocenters. The molecule has 0 spiro atoms. The fourth-order valence-electron chi connectivity index (χ4n) is 4.28. The minimum Gasteiger partial charge on any atom is -0.487 e. The van der Waals surface area contributed by atoms with Crippen LogP contribution in [0.2, 0.25) is 5.02 Å². The van der Waals surface area contributed by atoms with E-state index in [2.05, 4.69) is 15.4 Å². The number of aromatic nitrogens is 3. The van der Waals surface area contributed by atoms with Crippen molar-refractivity contribution in [2.45, 2.75) is 26.5 Å². The van der Waals surface area contributed by atoms with E-state index in [-0.39, 0.29) is 18.2 Å². The van der Waals surface area contributed by atoms with E-state index in [1.54, 1.807) is 23.9 Å². The highest BCUT2D eigenvalue weighted by Gasteiger charge is 2.33. The molecule has 2 aromatic heterocycles. The average Bonchev–Trinajstić information content (AvgIpc) is 3.46.